The van der Waals surface area contributed by atoms with Crippen LogP contribution in [0.15, 0.2) is 87.3 Å². The van der Waals surface area contributed by atoms with Crippen LogP contribution in [0, 0.1) is 5.82 Å². The summed E-state index contributed by atoms with van der Waals surface area (Å²) in [5.41, 5.74) is 2.35. The summed E-state index contributed by atoms with van der Waals surface area (Å²) in [5, 5.41) is 8.62. The lowest BCUT2D eigenvalue weighted by Gasteiger charge is -2.08. The highest BCUT2D eigenvalue weighted by molar-refractivity contribution is 9.10. The smallest absolute Gasteiger partial charge is 0.282 e. The molecule has 0 spiro atoms. The number of carbonyl (C=O) groups excluding carboxylic acids is 1. The Labute approximate surface area is 220 Å². The van der Waals surface area contributed by atoms with Crippen LogP contribution in [0.25, 0.3) is 21.8 Å². The van der Waals surface area contributed by atoms with Gasteiger partial charge < -0.3 is 9.88 Å². The zero-order valence-electron chi connectivity index (χ0n) is 20.0. The fraction of sp³-hybridized carbons (Fsp3) is 0.143. The first-order valence-electron chi connectivity index (χ1n) is 11.8. The van der Waals surface area contributed by atoms with E-state index in [2.05, 4.69) is 31.3 Å². The van der Waals surface area contributed by atoms with Gasteiger partial charge in [0.2, 0.25) is 5.91 Å². The van der Waals surface area contributed by atoms with Gasteiger partial charge in [-0.3, -0.25) is 9.59 Å². The summed E-state index contributed by atoms with van der Waals surface area (Å²) in [6.45, 7) is 2.05. The number of halogens is 2. The molecule has 0 aliphatic heterocycles. The number of amides is 1. The largest absolute Gasteiger partial charge is 0.337 e. The number of nitrogens with one attached hydrogen (secondary N) is 1. The lowest BCUT2D eigenvalue weighted by atomic mass is 10.2. The molecule has 9 heteroatoms. The molecule has 37 heavy (non-hydrogen) atoms. The molecule has 0 aliphatic carbocycles. The van der Waals surface area contributed by atoms with Crippen LogP contribution in [0.4, 0.5) is 10.1 Å². The molecule has 2 aromatic heterocycles. The Balaban J connectivity index is 1.51. The number of aromatic nitrogens is 3. The van der Waals surface area contributed by atoms with Crippen LogP contribution >= 0.6 is 15.9 Å². The summed E-state index contributed by atoms with van der Waals surface area (Å²) in [5.74, 6) is -0.131. The van der Waals surface area contributed by atoms with Gasteiger partial charge in [0.25, 0.3) is 5.56 Å². The molecule has 0 aliphatic rings. The number of hydrogen-bond acceptors (Lipinski definition) is 4. The first-order chi connectivity index (χ1) is 17.9. The summed E-state index contributed by atoms with van der Waals surface area (Å²) >= 11 is 3.42. The third kappa shape index (κ3) is 5.22. The summed E-state index contributed by atoms with van der Waals surface area (Å²) in [6.07, 6.45) is 4.84. The van der Waals surface area contributed by atoms with Crippen molar-refractivity contribution in [2.24, 2.45) is 5.10 Å². The van der Waals surface area contributed by atoms with Gasteiger partial charge in [-0.25, -0.2) is 9.37 Å². The average molecular weight is 560 g/mol. The molecule has 1 amide bonds. The predicted molar refractivity (Wildman–Crippen MR) is 148 cm³/mol. The number of hydrogen-bond donors (Lipinski definition) is 1. The second-order valence-electron chi connectivity index (χ2n) is 8.59. The van der Waals surface area contributed by atoms with E-state index >= 15 is 0 Å². The molecule has 1 N–H and O–H groups in total. The minimum absolute atomic E-state index is 0.0253. The molecule has 0 radical (unpaired) electrons. The average Bonchev–Trinajstić information content (AvgIpc) is 3.21. The molecule has 5 aromatic rings. The van der Waals surface area contributed by atoms with E-state index < -0.39 is 5.82 Å². The number of benzene rings is 3. The van der Waals surface area contributed by atoms with Crippen LogP contribution in [0.3, 0.4) is 0 Å². The van der Waals surface area contributed by atoms with E-state index in [0.29, 0.717) is 28.8 Å². The monoisotopic (exact) mass is 559 g/mol. The Bertz CT molecular complexity index is 1720. The number of nitrogens with zero attached hydrogens (tertiary/aromatic N) is 4. The second kappa shape index (κ2) is 10.5. The van der Waals surface area contributed by atoms with E-state index in [0.717, 1.165) is 27.4 Å². The molecule has 0 bridgehead atoms. The minimum atomic E-state index is -0.420. The lowest BCUT2D eigenvalue weighted by Crippen LogP contribution is -2.22. The normalized spacial score (nSPS) is 11.5. The van der Waals surface area contributed by atoms with E-state index in [1.807, 2.05) is 49.5 Å². The van der Waals surface area contributed by atoms with Crippen molar-refractivity contribution < 1.29 is 9.18 Å². The first kappa shape index (κ1) is 24.6. The highest BCUT2D eigenvalue weighted by Gasteiger charge is 2.13. The van der Waals surface area contributed by atoms with Crippen LogP contribution in [-0.4, -0.2) is 26.3 Å². The first-order valence-corrected chi connectivity index (χ1v) is 12.6. The van der Waals surface area contributed by atoms with E-state index in [1.54, 1.807) is 29.0 Å². The highest BCUT2D eigenvalue weighted by atomic mass is 79.9. The van der Waals surface area contributed by atoms with Gasteiger partial charge in [-0.05, 0) is 48.9 Å². The van der Waals surface area contributed by atoms with Crippen molar-refractivity contribution in [3.05, 3.63) is 105 Å². The van der Waals surface area contributed by atoms with Gasteiger partial charge in [0.05, 0.1) is 17.1 Å². The van der Waals surface area contributed by atoms with E-state index in [4.69, 9.17) is 0 Å². The number of fused-ring (bicyclic) bond motifs is 2. The van der Waals surface area contributed by atoms with Crippen molar-refractivity contribution in [3.8, 4) is 0 Å². The predicted octanol–water partition coefficient (Wildman–Crippen LogP) is 5.73. The maximum Gasteiger partial charge on any atom is 0.282 e. The molecule has 0 fully saturated rings. The molecular weight excluding hydrogens is 537 g/mol. The Morgan fingerprint density at radius 3 is 2.76 bits per heavy atom. The van der Waals surface area contributed by atoms with Gasteiger partial charge in [-0.1, -0.05) is 47.1 Å². The molecule has 186 valence electrons. The molecule has 0 saturated heterocycles. The number of aryl methyl sites for hydroxylation is 1. The van der Waals surface area contributed by atoms with Crippen molar-refractivity contribution in [3.63, 3.8) is 0 Å². The Morgan fingerprint density at radius 1 is 1.11 bits per heavy atom. The molecule has 5 rings (SSSR count). The van der Waals surface area contributed by atoms with Crippen LogP contribution in [-0.2, 0) is 17.8 Å². The zero-order chi connectivity index (χ0) is 25.9. The summed E-state index contributed by atoms with van der Waals surface area (Å²) in [6, 6.07) is 18.8. The summed E-state index contributed by atoms with van der Waals surface area (Å²) in [4.78, 5) is 30.7. The number of para-hydroxylation sites is 1. The van der Waals surface area contributed by atoms with Crippen LogP contribution in [0.5, 0.6) is 0 Å². The van der Waals surface area contributed by atoms with Crippen LogP contribution in [0.1, 0.15) is 24.7 Å². The standard InChI is InChI=1S/C28H23BrFN5O2/c1-2-6-26-33-24-12-11-19(29)13-23(24)28(37)35(26)31-15-18-16-34(25-10-4-3-9-22(18)25)17-27(36)32-21-8-5-7-20(30)14-21/h3-5,7-16H,2,6,17H2,1H3,(H,32,36). The third-order valence-corrected chi connectivity index (χ3v) is 6.40. The topological polar surface area (TPSA) is 81.3 Å². The Morgan fingerprint density at radius 2 is 1.95 bits per heavy atom. The fourth-order valence-corrected chi connectivity index (χ4v) is 4.61. The van der Waals surface area contributed by atoms with Gasteiger partial charge in [0, 0.05) is 39.2 Å². The minimum Gasteiger partial charge on any atom is -0.337 e. The molecule has 0 unspecified atom stereocenters. The zero-order valence-corrected chi connectivity index (χ0v) is 21.6. The maximum absolute atomic E-state index is 13.5. The van der Waals surface area contributed by atoms with Crippen molar-refractivity contribution in [1.29, 1.82) is 0 Å². The van der Waals surface area contributed by atoms with Crippen LogP contribution in [0.2, 0.25) is 0 Å². The van der Waals surface area contributed by atoms with Crippen molar-refractivity contribution in [2.45, 2.75) is 26.3 Å². The van der Waals surface area contributed by atoms with Gasteiger partial charge >= 0.3 is 0 Å². The quantitative estimate of drug-likeness (QED) is 0.259. The fourth-order valence-electron chi connectivity index (χ4n) is 4.25. The lowest BCUT2D eigenvalue weighted by molar-refractivity contribution is -0.116. The van der Waals surface area contributed by atoms with Gasteiger partial charge in [-0.2, -0.15) is 9.78 Å². The van der Waals surface area contributed by atoms with Crippen molar-refractivity contribution >= 4 is 55.5 Å². The van der Waals surface area contributed by atoms with E-state index in [1.165, 1.54) is 16.8 Å². The third-order valence-electron chi connectivity index (χ3n) is 5.90. The maximum atomic E-state index is 13.5. The van der Waals surface area contributed by atoms with Gasteiger partial charge in [-0.15, -0.1) is 0 Å². The summed E-state index contributed by atoms with van der Waals surface area (Å²) < 4.78 is 17.4. The molecule has 7 nitrogen and oxygen atoms in total. The van der Waals surface area contributed by atoms with Crippen molar-refractivity contribution in [1.82, 2.24) is 14.2 Å². The number of rotatable bonds is 7. The molecule has 2 heterocycles. The summed E-state index contributed by atoms with van der Waals surface area (Å²) in [7, 11) is 0. The van der Waals surface area contributed by atoms with Crippen LogP contribution < -0.4 is 10.9 Å². The second-order valence-corrected chi connectivity index (χ2v) is 9.50. The SMILES string of the molecule is CCCc1nc2ccc(Br)cc2c(=O)n1N=Cc1cn(CC(=O)Nc2cccc(F)c2)c2ccccc12. The number of carbonyl (C=O) groups is 1. The van der Waals surface area contributed by atoms with E-state index in [-0.39, 0.29) is 18.0 Å². The Kier molecular flexibility index (Phi) is 6.96. The molecule has 0 atom stereocenters. The number of anilines is 1. The van der Waals surface area contributed by atoms with Crippen molar-refractivity contribution in [2.75, 3.05) is 5.32 Å². The molecule has 0 saturated carbocycles. The van der Waals surface area contributed by atoms with Gasteiger partial charge in [0.1, 0.15) is 18.2 Å². The molecule has 3 aromatic carbocycles. The van der Waals surface area contributed by atoms with Gasteiger partial charge in [0.15, 0.2) is 0 Å². The Hall–Kier alpha value is -4.11. The molecular formula is C28H23BrFN5O2. The van der Waals surface area contributed by atoms with E-state index in [9.17, 15) is 14.0 Å². The highest BCUT2D eigenvalue weighted by Crippen LogP contribution is 2.21.